The van der Waals surface area contributed by atoms with Crippen molar-refractivity contribution < 1.29 is 9.53 Å². The summed E-state index contributed by atoms with van der Waals surface area (Å²) in [6.45, 7) is 1.96. The van der Waals surface area contributed by atoms with Gasteiger partial charge in [0.15, 0.2) is 0 Å². The van der Waals surface area contributed by atoms with E-state index in [4.69, 9.17) is 4.74 Å². The van der Waals surface area contributed by atoms with Gasteiger partial charge in [0, 0.05) is 18.9 Å². The normalized spacial score (nSPS) is 18.2. The molecule has 112 valence electrons. The Labute approximate surface area is 125 Å². The lowest BCUT2D eigenvalue weighted by Crippen LogP contribution is -2.22. The van der Waals surface area contributed by atoms with E-state index >= 15 is 0 Å². The van der Waals surface area contributed by atoms with Crippen molar-refractivity contribution in [3.63, 3.8) is 0 Å². The number of hydrazone groups is 1. The predicted molar refractivity (Wildman–Crippen MR) is 81.8 cm³/mol. The minimum absolute atomic E-state index is 0.147. The summed E-state index contributed by atoms with van der Waals surface area (Å²) in [6, 6.07) is 10.1. The van der Waals surface area contributed by atoms with Crippen LogP contribution in [0.15, 0.2) is 35.4 Å². The molecule has 3 rings (SSSR count). The summed E-state index contributed by atoms with van der Waals surface area (Å²) in [7, 11) is 0. The Morgan fingerprint density at radius 2 is 2.05 bits per heavy atom. The Morgan fingerprint density at radius 1 is 1.24 bits per heavy atom. The van der Waals surface area contributed by atoms with Gasteiger partial charge in [0.1, 0.15) is 0 Å². The molecule has 1 aliphatic carbocycles. The van der Waals surface area contributed by atoms with E-state index in [9.17, 15) is 4.79 Å². The predicted octanol–water partition coefficient (Wildman–Crippen LogP) is 2.98. The number of amides is 1. The van der Waals surface area contributed by atoms with Gasteiger partial charge in [-0.2, -0.15) is 5.10 Å². The quantitative estimate of drug-likeness (QED) is 0.689. The highest BCUT2D eigenvalue weighted by Gasteiger charge is 2.29. The van der Waals surface area contributed by atoms with Crippen molar-refractivity contribution in [1.29, 1.82) is 0 Å². The second-order valence-electron chi connectivity index (χ2n) is 5.90. The van der Waals surface area contributed by atoms with Crippen molar-refractivity contribution in [2.75, 3.05) is 13.2 Å². The number of carbonyl (C=O) groups excluding carboxylic acids is 1. The molecule has 0 bridgehead atoms. The fourth-order valence-electron chi connectivity index (χ4n) is 2.55. The van der Waals surface area contributed by atoms with E-state index in [0.29, 0.717) is 26.2 Å². The molecule has 1 amide bonds. The number of carbonyl (C=O) groups is 1. The Hall–Kier alpha value is -1.68. The summed E-state index contributed by atoms with van der Waals surface area (Å²) in [5, 5.41) is 6.08. The minimum Gasteiger partial charge on any atom is -0.377 e. The molecule has 2 aliphatic rings. The molecule has 1 aromatic rings. The molecule has 1 saturated carbocycles. The van der Waals surface area contributed by atoms with E-state index in [1.165, 1.54) is 18.4 Å². The van der Waals surface area contributed by atoms with Crippen LogP contribution in [0.3, 0.4) is 0 Å². The number of hydrogen-bond acceptors (Lipinski definition) is 3. The molecule has 1 aromatic carbocycles. The topological polar surface area (TPSA) is 41.9 Å². The maximum Gasteiger partial charge on any atom is 0.248 e. The van der Waals surface area contributed by atoms with Crippen molar-refractivity contribution >= 4 is 11.6 Å². The van der Waals surface area contributed by atoms with Crippen LogP contribution in [0.1, 0.15) is 37.7 Å². The van der Waals surface area contributed by atoms with Crippen LogP contribution in [0.2, 0.25) is 0 Å². The zero-order chi connectivity index (χ0) is 14.5. The van der Waals surface area contributed by atoms with Gasteiger partial charge in [-0.05, 0) is 37.2 Å². The third-order valence-electron chi connectivity index (χ3n) is 3.90. The molecule has 21 heavy (non-hydrogen) atoms. The van der Waals surface area contributed by atoms with Crippen molar-refractivity contribution in [3.8, 4) is 0 Å². The maximum atomic E-state index is 11.8. The summed E-state index contributed by atoms with van der Waals surface area (Å²) in [4.78, 5) is 11.8. The molecule has 1 heterocycles. The van der Waals surface area contributed by atoms with E-state index < -0.39 is 0 Å². The fourth-order valence-corrected chi connectivity index (χ4v) is 2.55. The summed E-state index contributed by atoms with van der Waals surface area (Å²) in [6.07, 6.45) is 4.99. The second-order valence-corrected chi connectivity index (χ2v) is 5.90. The van der Waals surface area contributed by atoms with E-state index in [1.807, 2.05) is 18.2 Å². The van der Waals surface area contributed by atoms with Gasteiger partial charge in [-0.25, -0.2) is 5.01 Å². The average molecular weight is 286 g/mol. The van der Waals surface area contributed by atoms with Crippen molar-refractivity contribution in [2.45, 2.75) is 38.7 Å². The zero-order valence-corrected chi connectivity index (χ0v) is 12.3. The average Bonchev–Trinajstić information content (AvgIpc) is 3.23. The Bertz CT molecular complexity index is 509. The molecule has 0 atom stereocenters. The molecule has 1 aliphatic heterocycles. The summed E-state index contributed by atoms with van der Waals surface area (Å²) in [5.41, 5.74) is 2.26. The van der Waals surface area contributed by atoms with Crippen LogP contribution in [-0.2, 0) is 16.1 Å². The molecule has 1 fully saturated rings. The molecule has 4 nitrogen and oxygen atoms in total. The molecular weight excluding hydrogens is 264 g/mol. The minimum atomic E-state index is 0.147. The van der Waals surface area contributed by atoms with E-state index in [1.54, 1.807) is 5.01 Å². The maximum absolute atomic E-state index is 11.8. The summed E-state index contributed by atoms with van der Waals surface area (Å²) < 4.78 is 5.63. The number of benzene rings is 1. The monoisotopic (exact) mass is 286 g/mol. The van der Waals surface area contributed by atoms with Crippen LogP contribution >= 0.6 is 0 Å². The van der Waals surface area contributed by atoms with Gasteiger partial charge < -0.3 is 4.74 Å². The van der Waals surface area contributed by atoms with E-state index in [-0.39, 0.29) is 5.91 Å². The van der Waals surface area contributed by atoms with Crippen LogP contribution in [0, 0.1) is 5.92 Å². The van der Waals surface area contributed by atoms with Gasteiger partial charge in [0.2, 0.25) is 5.91 Å². The largest absolute Gasteiger partial charge is 0.377 e. The van der Waals surface area contributed by atoms with Crippen molar-refractivity contribution in [3.05, 3.63) is 35.9 Å². The number of nitrogens with zero attached hydrogens (tertiary/aromatic N) is 2. The fraction of sp³-hybridized carbons (Fsp3) is 0.529. The highest BCUT2D eigenvalue weighted by Crippen LogP contribution is 2.34. The third-order valence-corrected chi connectivity index (χ3v) is 3.90. The number of rotatable bonds is 8. The van der Waals surface area contributed by atoms with Gasteiger partial charge in [0.25, 0.3) is 0 Å². The molecule has 0 radical (unpaired) electrons. The van der Waals surface area contributed by atoms with Crippen molar-refractivity contribution in [1.82, 2.24) is 5.01 Å². The molecule has 0 unspecified atom stereocenters. The first-order valence-corrected chi connectivity index (χ1v) is 7.79. The lowest BCUT2D eigenvalue weighted by molar-refractivity contribution is -0.128. The van der Waals surface area contributed by atoms with Crippen LogP contribution in [0.4, 0.5) is 0 Å². The Balaban J connectivity index is 1.33. The summed E-state index contributed by atoms with van der Waals surface area (Å²) >= 11 is 0. The first-order valence-electron chi connectivity index (χ1n) is 7.79. The first kappa shape index (κ1) is 14.3. The number of hydrogen-bond donors (Lipinski definition) is 0. The lowest BCUT2D eigenvalue weighted by atomic mass is 10.1. The van der Waals surface area contributed by atoms with Crippen molar-refractivity contribution in [2.24, 2.45) is 11.0 Å². The van der Waals surface area contributed by atoms with Crippen LogP contribution < -0.4 is 0 Å². The van der Waals surface area contributed by atoms with Crippen LogP contribution in [0.25, 0.3) is 0 Å². The van der Waals surface area contributed by atoms with Gasteiger partial charge in [0.05, 0.1) is 13.0 Å². The lowest BCUT2D eigenvalue weighted by Gasteiger charge is -2.11. The first-order chi connectivity index (χ1) is 10.3. The number of ether oxygens (including phenoxy) is 1. The zero-order valence-electron chi connectivity index (χ0n) is 12.3. The standard InChI is InChI=1S/C17H22N2O2/c20-17-12-16(11-14-7-8-14)18-19(17)9-4-10-21-13-15-5-2-1-3-6-15/h1-3,5-6,14H,4,7-13H2. The van der Waals surface area contributed by atoms with Gasteiger partial charge in [-0.1, -0.05) is 30.3 Å². The molecule has 4 heteroatoms. The molecule has 0 spiro atoms. The van der Waals surface area contributed by atoms with E-state index in [2.05, 4.69) is 17.2 Å². The highest BCUT2D eigenvalue weighted by atomic mass is 16.5. The molecular formula is C17H22N2O2. The third kappa shape index (κ3) is 4.39. The molecule has 0 saturated heterocycles. The van der Waals surface area contributed by atoms with Gasteiger partial charge >= 0.3 is 0 Å². The SMILES string of the molecule is O=C1CC(CC2CC2)=NN1CCCOCc1ccccc1. The highest BCUT2D eigenvalue weighted by molar-refractivity contribution is 6.05. The second kappa shape index (κ2) is 6.85. The molecule has 0 N–H and O–H groups in total. The van der Waals surface area contributed by atoms with Crippen LogP contribution in [-0.4, -0.2) is 29.8 Å². The smallest absolute Gasteiger partial charge is 0.248 e. The summed E-state index contributed by atoms with van der Waals surface area (Å²) in [5.74, 6) is 0.944. The van der Waals surface area contributed by atoms with Crippen LogP contribution in [0.5, 0.6) is 0 Å². The van der Waals surface area contributed by atoms with E-state index in [0.717, 1.165) is 24.5 Å². The van der Waals surface area contributed by atoms with Gasteiger partial charge in [-0.3, -0.25) is 4.79 Å². The Kier molecular flexibility index (Phi) is 4.65. The Morgan fingerprint density at radius 3 is 2.81 bits per heavy atom. The van der Waals surface area contributed by atoms with Gasteiger partial charge in [-0.15, -0.1) is 0 Å². The molecule has 0 aromatic heterocycles.